The lowest BCUT2D eigenvalue weighted by atomic mass is 10.2. The number of sulfonamides is 1. The Morgan fingerprint density at radius 3 is 2.22 bits per heavy atom. The van der Waals surface area contributed by atoms with Crippen LogP contribution in [-0.4, -0.2) is 52.9 Å². The third kappa shape index (κ3) is 5.34. The SMILES string of the molecule is COC(=O)/C=C/N(CC(OC)OC)S(=O)(=O)c1ccc(C)cc1. The van der Waals surface area contributed by atoms with Crippen LogP contribution in [0, 0.1) is 6.92 Å². The molecule has 0 heterocycles. The molecular formula is C15H21NO6S. The molecule has 0 unspecified atom stereocenters. The molecule has 0 aromatic heterocycles. The smallest absolute Gasteiger partial charge is 0.331 e. The quantitative estimate of drug-likeness (QED) is 0.402. The zero-order valence-electron chi connectivity index (χ0n) is 13.6. The van der Waals surface area contributed by atoms with Crippen molar-refractivity contribution in [3.63, 3.8) is 0 Å². The Balaban J connectivity index is 3.17. The summed E-state index contributed by atoms with van der Waals surface area (Å²) in [7, 11) is 0.144. The number of nitrogens with zero attached hydrogens (tertiary/aromatic N) is 1. The molecule has 0 saturated carbocycles. The lowest BCUT2D eigenvalue weighted by Gasteiger charge is -2.24. The lowest BCUT2D eigenvalue weighted by Crippen LogP contribution is -2.35. The number of ether oxygens (including phenoxy) is 3. The van der Waals surface area contributed by atoms with E-state index in [1.54, 1.807) is 12.1 Å². The maximum absolute atomic E-state index is 12.7. The molecule has 0 aliphatic rings. The Hall–Kier alpha value is -1.90. The minimum Gasteiger partial charge on any atom is -0.466 e. The summed E-state index contributed by atoms with van der Waals surface area (Å²) >= 11 is 0. The van der Waals surface area contributed by atoms with E-state index in [4.69, 9.17) is 9.47 Å². The van der Waals surface area contributed by atoms with Crippen molar-refractivity contribution < 1.29 is 27.4 Å². The molecule has 128 valence electrons. The van der Waals surface area contributed by atoms with Gasteiger partial charge in [0.05, 0.1) is 18.6 Å². The summed E-state index contributed by atoms with van der Waals surface area (Å²) in [5, 5.41) is 0. The van der Waals surface area contributed by atoms with Gasteiger partial charge in [0.25, 0.3) is 10.0 Å². The average Bonchev–Trinajstić information content (AvgIpc) is 2.55. The third-order valence-corrected chi connectivity index (χ3v) is 4.82. The summed E-state index contributed by atoms with van der Waals surface area (Å²) in [6, 6.07) is 6.38. The molecule has 0 N–H and O–H groups in total. The monoisotopic (exact) mass is 343 g/mol. The van der Waals surface area contributed by atoms with Gasteiger partial charge in [-0.05, 0) is 19.1 Å². The van der Waals surface area contributed by atoms with E-state index in [0.29, 0.717) is 0 Å². The number of aryl methyl sites for hydroxylation is 1. The largest absolute Gasteiger partial charge is 0.466 e. The first kappa shape index (κ1) is 19.1. The Bertz CT molecular complexity index is 634. The topological polar surface area (TPSA) is 82.1 Å². The molecule has 0 bridgehead atoms. The standard InChI is InChI=1S/C15H21NO6S/c1-12-5-7-13(8-6-12)23(18,19)16(10-9-14(17)20-2)11-15(21-3)22-4/h5-10,15H,11H2,1-4H3/b10-9+. The molecule has 0 radical (unpaired) electrons. The Kier molecular flexibility index (Phi) is 7.21. The molecule has 0 aliphatic heterocycles. The van der Waals surface area contributed by atoms with Crippen molar-refractivity contribution in [3.05, 3.63) is 42.1 Å². The van der Waals surface area contributed by atoms with E-state index in [9.17, 15) is 13.2 Å². The Labute approximate surface area is 136 Å². The highest BCUT2D eigenvalue weighted by Crippen LogP contribution is 2.18. The van der Waals surface area contributed by atoms with Crippen molar-refractivity contribution in [2.24, 2.45) is 0 Å². The maximum atomic E-state index is 12.7. The van der Waals surface area contributed by atoms with Crippen molar-refractivity contribution in [3.8, 4) is 0 Å². The molecule has 1 rings (SSSR count). The second kappa shape index (κ2) is 8.66. The molecule has 1 aromatic rings. The molecule has 7 nitrogen and oxygen atoms in total. The third-order valence-electron chi connectivity index (χ3n) is 3.06. The van der Waals surface area contributed by atoms with E-state index in [2.05, 4.69) is 4.74 Å². The first-order chi connectivity index (χ1) is 10.8. The van der Waals surface area contributed by atoms with Crippen LogP contribution in [0.5, 0.6) is 0 Å². The summed E-state index contributed by atoms with van der Waals surface area (Å²) in [6.45, 7) is 1.74. The van der Waals surface area contributed by atoms with Crippen LogP contribution in [-0.2, 0) is 29.0 Å². The van der Waals surface area contributed by atoms with Gasteiger partial charge in [0.2, 0.25) is 0 Å². The van der Waals surface area contributed by atoms with Gasteiger partial charge in [-0.3, -0.25) is 4.31 Å². The van der Waals surface area contributed by atoms with Crippen LogP contribution in [0.4, 0.5) is 0 Å². The van der Waals surface area contributed by atoms with E-state index >= 15 is 0 Å². The van der Waals surface area contributed by atoms with Gasteiger partial charge >= 0.3 is 5.97 Å². The van der Waals surface area contributed by atoms with Crippen molar-refractivity contribution in [1.82, 2.24) is 4.31 Å². The second-order valence-electron chi connectivity index (χ2n) is 4.63. The fourth-order valence-electron chi connectivity index (χ4n) is 1.69. The number of benzene rings is 1. The molecule has 0 aliphatic carbocycles. The fraction of sp³-hybridized carbons (Fsp3) is 0.400. The van der Waals surface area contributed by atoms with Crippen LogP contribution in [0.1, 0.15) is 5.56 Å². The van der Waals surface area contributed by atoms with E-state index < -0.39 is 22.3 Å². The van der Waals surface area contributed by atoms with Crippen molar-refractivity contribution in [1.29, 1.82) is 0 Å². The van der Waals surface area contributed by atoms with Gasteiger partial charge in [-0.2, -0.15) is 0 Å². The van der Waals surface area contributed by atoms with E-state index in [-0.39, 0.29) is 11.4 Å². The number of esters is 1. The number of hydrogen-bond acceptors (Lipinski definition) is 6. The molecule has 0 spiro atoms. The molecule has 0 atom stereocenters. The van der Waals surface area contributed by atoms with E-state index in [1.165, 1.54) is 33.5 Å². The first-order valence-electron chi connectivity index (χ1n) is 6.75. The highest BCUT2D eigenvalue weighted by molar-refractivity contribution is 7.89. The second-order valence-corrected chi connectivity index (χ2v) is 6.52. The summed E-state index contributed by atoms with van der Waals surface area (Å²) < 4.78 is 41.0. The predicted octanol–water partition coefficient (Wildman–Crippen LogP) is 1.29. The zero-order valence-corrected chi connectivity index (χ0v) is 14.4. The molecular weight excluding hydrogens is 322 g/mol. The molecule has 1 aromatic carbocycles. The van der Waals surface area contributed by atoms with Crippen LogP contribution in [0.25, 0.3) is 0 Å². The van der Waals surface area contributed by atoms with E-state index in [1.807, 2.05) is 6.92 Å². The first-order valence-corrected chi connectivity index (χ1v) is 8.19. The van der Waals surface area contributed by atoms with Crippen LogP contribution in [0.2, 0.25) is 0 Å². The Morgan fingerprint density at radius 1 is 1.17 bits per heavy atom. The van der Waals surface area contributed by atoms with Crippen molar-refractivity contribution >= 4 is 16.0 Å². The molecule has 23 heavy (non-hydrogen) atoms. The zero-order chi connectivity index (χ0) is 17.5. The number of rotatable bonds is 8. The molecule has 0 fully saturated rings. The fourth-order valence-corrected chi connectivity index (χ4v) is 2.98. The number of carbonyl (C=O) groups excluding carboxylic acids is 1. The van der Waals surface area contributed by atoms with Gasteiger partial charge in [0.15, 0.2) is 6.29 Å². The van der Waals surface area contributed by atoms with Gasteiger partial charge in [-0.25, -0.2) is 13.2 Å². The van der Waals surface area contributed by atoms with Gasteiger partial charge in [-0.1, -0.05) is 17.7 Å². The number of methoxy groups -OCH3 is 3. The minimum absolute atomic E-state index is 0.101. The molecule has 8 heteroatoms. The van der Waals surface area contributed by atoms with Crippen LogP contribution in [0.15, 0.2) is 41.4 Å². The maximum Gasteiger partial charge on any atom is 0.331 e. The lowest BCUT2D eigenvalue weighted by molar-refractivity contribution is -0.135. The summed E-state index contributed by atoms with van der Waals surface area (Å²) in [5.41, 5.74) is 0.937. The van der Waals surface area contributed by atoms with Gasteiger partial charge < -0.3 is 14.2 Å². The van der Waals surface area contributed by atoms with Crippen molar-refractivity contribution in [2.75, 3.05) is 27.9 Å². The normalized spacial score (nSPS) is 11.9. The Morgan fingerprint density at radius 2 is 1.74 bits per heavy atom. The van der Waals surface area contributed by atoms with Crippen LogP contribution >= 0.6 is 0 Å². The molecule has 0 saturated heterocycles. The highest BCUT2D eigenvalue weighted by atomic mass is 32.2. The van der Waals surface area contributed by atoms with Gasteiger partial charge in [0, 0.05) is 26.5 Å². The van der Waals surface area contributed by atoms with Crippen molar-refractivity contribution in [2.45, 2.75) is 18.1 Å². The summed E-state index contributed by atoms with van der Waals surface area (Å²) in [4.78, 5) is 11.4. The van der Waals surface area contributed by atoms with Crippen LogP contribution < -0.4 is 0 Å². The highest BCUT2D eigenvalue weighted by Gasteiger charge is 2.24. The van der Waals surface area contributed by atoms with Gasteiger partial charge in [0.1, 0.15) is 0 Å². The number of carbonyl (C=O) groups is 1. The van der Waals surface area contributed by atoms with Gasteiger partial charge in [-0.15, -0.1) is 0 Å². The minimum atomic E-state index is -3.86. The average molecular weight is 343 g/mol. The predicted molar refractivity (Wildman–Crippen MR) is 84.0 cm³/mol. The summed E-state index contributed by atoms with van der Waals surface area (Å²) in [6.07, 6.45) is 1.37. The molecule has 0 amide bonds. The summed E-state index contributed by atoms with van der Waals surface area (Å²) in [5.74, 6) is -0.666. The van der Waals surface area contributed by atoms with Crippen LogP contribution in [0.3, 0.4) is 0 Å². The van der Waals surface area contributed by atoms with E-state index in [0.717, 1.165) is 22.1 Å². The number of hydrogen-bond donors (Lipinski definition) is 0.